The van der Waals surface area contributed by atoms with E-state index in [-0.39, 0.29) is 6.61 Å². The van der Waals surface area contributed by atoms with Crippen LogP contribution < -0.4 is 5.32 Å². The lowest BCUT2D eigenvalue weighted by Gasteiger charge is -2.50. The Balaban J connectivity index is 1.95. The van der Waals surface area contributed by atoms with E-state index in [1.165, 1.54) is 18.7 Å². The molecule has 0 radical (unpaired) electrons. The summed E-state index contributed by atoms with van der Waals surface area (Å²) in [6.07, 6.45) is -2.10. The lowest BCUT2D eigenvalue weighted by Crippen LogP contribution is -2.68. The van der Waals surface area contributed by atoms with Crippen LogP contribution in [-0.4, -0.2) is 57.9 Å². The molecule has 0 bridgehead atoms. The fourth-order valence-corrected chi connectivity index (χ4v) is 4.59. The molecule has 7 nitrogen and oxygen atoms in total. The molecule has 0 spiro atoms. The van der Waals surface area contributed by atoms with Gasteiger partial charge < -0.3 is 24.3 Å². The van der Waals surface area contributed by atoms with Crippen molar-refractivity contribution >= 4 is 58.4 Å². The highest BCUT2D eigenvalue weighted by Gasteiger charge is 2.54. The van der Waals surface area contributed by atoms with Crippen LogP contribution in [0.2, 0.25) is 0 Å². The van der Waals surface area contributed by atoms with E-state index >= 15 is 0 Å². The largest absolute Gasteiger partial charge is 0.457 e. The van der Waals surface area contributed by atoms with E-state index in [9.17, 15) is 9.59 Å². The summed E-state index contributed by atoms with van der Waals surface area (Å²) in [4.78, 5) is 25.2. The van der Waals surface area contributed by atoms with Crippen molar-refractivity contribution in [3.8, 4) is 0 Å². The smallest absolute Gasteiger partial charge is 0.303 e. The van der Waals surface area contributed by atoms with E-state index in [0.717, 1.165) is 4.90 Å². The molecule has 2 heterocycles. The minimum absolute atomic E-state index is 0.229. The normalized spacial score (nSPS) is 30.8. The molecule has 5 atom stereocenters. The Morgan fingerprint density at radius 2 is 1.90 bits per heavy atom. The van der Waals surface area contributed by atoms with Crippen molar-refractivity contribution < 1.29 is 28.5 Å². The van der Waals surface area contributed by atoms with Crippen LogP contribution >= 0.6 is 46.6 Å². The number of amides is 1. The molecule has 1 aromatic rings. The number of alkyl halides is 3. The lowest BCUT2D eigenvalue weighted by atomic mass is 9.96. The Labute approximate surface area is 194 Å². The SMILES string of the molecule is CC(=O)OC1C(NC(=O)C(Cl)(Cl)Cl)[C@H](Sc2ccccc2)OC2COC(C)(C)O[C@H]21. The van der Waals surface area contributed by atoms with E-state index in [4.69, 9.17) is 53.8 Å². The van der Waals surface area contributed by atoms with Crippen molar-refractivity contribution in [1.82, 2.24) is 5.32 Å². The lowest BCUT2D eigenvalue weighted by molar-refractivity contribution is -0.342. The predicted octanol–water partition coefficient (Wildman–Crippen LogP) is 3.44. The van der Waals surface area contributed by atoms with E-state index in [2.05, 4.69) is 5.32 Å². The van der Waals surface area contributed by atoms with Crippen molar-refractivity contribution in [2.45, 2.75) is 65.0 Å². The number of halogens is 3. The maximum absolute atomic E-state index is 12.5. The van der Waals surface area contributed by atoms with Gasteiger partial charge in [-0.1, -0.05) is 64.8 Å². The Hall–Kier alpha value is -0.740. The van der Waals surface area contributed by atoms with Crippen molar-refractivity contribution in [3.05, 3.63) is 30.3 Å². The van der Waals surface area contributed by atoms with Gasteiger partial charge in [-0.25, -0.2) is 0 Å². The van der Waals surface area contributed by atoms with E-state index in [1.54, 1.807) is 13.8 Å². The average Bonchev–Trinajstić information content (AvgIpc) is 2.64. The van der Waals surface area contributed by atoms with Crippen molar-refractivity contribution in [1.29, 1.82) is 0 Å². The molecule has 1 N–H and O–H groups in total. The highest BCUT2D eigenvalue weighted by atomic mass is 35.6. The summed E-state index contributed by atoms with van der Waals surface area (Å²) in [6, 6.07) is 8.58. The Morgan fingerprint density at radius 3 is 2.50 bits per heavy atom. The number of hydrogen-bond donors (Lipinski definition) is 1. The molecule has 1 amide bonds. The summed E-state index contributed by atoms with van der Waals surface area (Å²) in [7, 11) is 0. The maximum atomic E-state index is 12.5. The first-order valence-corrected chi connectivity index (χ1v) is 11.2. The van der Waals surface area contributed by atoms with Gasteiger partial charge in [-0.2, -0.15) is 0 Å². The number of nitrogens with one attached hydrogen (secondary N) is 1. The van der Waals surface area contributed by atoms with Crippen LogP contribution in [0.4, 0.5) is 0 Å². The maximum Gasteiger partial charge on any atom is 0.303 e. The average molecular weight is 499 g/mol. The van der Waals surface area contributed by atoms with Gasteiger partial charge in [-0.05, 0) is 26.0 Å². The summed E-state index contributed by atoms with van der Waals surface area (Å²) in [6.45, 7) is 5.00. The number of esters is 1. The van der Waals surface area contributed by atoms with Crippen molar-refractivity contribution in [3.63, 3.8) is 0 Å². The molecule has 166 valence electrons. The third kappa shape index (κ3) is 5.94. The zero-order valence-electron chi connectivity index (χ0n) is 16.5. The second-order valence-corrected chi connectivity index (χ2v) is 10.8. The van der Waals surface area contributed by atoms with E-state index in [1.807, 2.05) is 30.3 Å². The van der Waals surface area contributed by atoms with Crippen LogP contribution in [0, 0.1) is 0 Å². The summed E-state index contributed by atoms with van der Waals surface area (Å²) < 4.78 is 21.3. The van der Waals surface area contributed by atoms with Gasteiger partial charge in [0, 0.05) is 11.8 Å². The fraction of sp³-hybridized carbons (Fsp3) is 0.579. The monoisotopic (exact) mass is 497 g/mol. The molecule has 2 fully saturated rings. The molecule has 3 rings (SSSR count). The standard InChI is InChI=1S/C19H22Cl3NO6S/c1-10(24)27-15-13(23-17(25)19(20,21)22)16(30-11-7-5-4-6-8-11)28-12-9-26-18(2,3)29-14(12)15/h4-8,12-16H,9H2,1-3H3,(H,23,25)/t12?,13?,14-,15?,16+/m1/s1. The van der Waals surface area contributed by atoms with Crippen molar-refractivity contribution in [2.75, 3.05) is 6.61 Å². The number of carbonyl (C=O) groups excluding carboxylic acids is 2. The third-order valence-electron chi connectivity index (χ3n) is 4.51. The predicted molar refractivity (Wildman–Crippen MR) is 114 cm³/mol. The zero-order chi connectivity index (χ0) is 22.1. The van der Waals surface area contributed by atoms with Crippen LogP contribution in [-0.2, 0) is 28.5 Å². The second kappa shape index (κ2) is 9.40. The molecule has 2 aliphatic rings. The fourth-order valence-electron chi connectivity index (χ4n) is 3.28. The Bertz CT molecular complexity index is 775. The van der Waals surface area contributed by atoms with E-state index in [0.29, 0.717) is 0 Å². The minimum atomic E-state index is -2.20. The molecule has 0 aromatic heterocycles. The van der Waals surface area contributed by atoms with Crippen LogP contribution in [0.1, 0.15) is 20.8 Å². The molecule has 11 heteroatoms. The van der Waals surface area contributed by atoms with Gasteiger partial charge in [0.25, 0.3) is 9.70 Å². The number of fused-ring (bicyclic) bond motifs is 1. The second-order valence-electron chi connectivity index (χ2n) is 7.34. The van der Waals surface area contributed by atoms with Gasteiger partial charge in [-0.3, -0.25) is 9.59 Å². The summed E-state index contributed by atoms with van der Waals surface area (Å²) >= 11 is 18.6. The number of rotatable bonds is 4. The first-order chi connectivity index (χ1) is 14.0. The molecule has 30 heavy (non-hydrogen) atoms. The van der Waals surface area contributed by atoms with Gasteiger partial charge in [-0.15, -0.1) is 0 Å². The van der Waals surface area contributed by atoms with Crippen LogP contribution in [0.15, 0.2) is 35.2 Å². The first kappa shape index (κ1) is 23.9. The van der Waals surface area contributed by atoms with Gasteiger partial charge in [0.1, 0.15) is 23.7 Å². The van der Waals surface area contributed by atoms with Crippen LogP contribution in [0.25, 0.3) is 0 Å². The van der Waals surface area contributed by atoms with Gasteiger partial charge in [0.15, 0.2) is 11.9 Å². The van der Waals surface area contributed by atoms with E-state index < -0.39 is 51.2 Å². The summed E-state index contributed by atoms with van der Waals surface area (Å²) in [5.41, 5.74) is -0.664. The molecular weight excluding hydrogens is 477 g/mol. The highest BCUT2D eigenvalue weighted by molar-refractivity contribution is 7.99. The quantitative estimate of drug-likeness (QED) is 0.503. The van der Waals surface area contributed by atoms with Crippen LogP contribution in [0.3, 0.4) is 0 Å². The molecule has 2 aliphatic heterocycles. The number of thioether (sulfide) groups is 1. The number of benzene rings is 1. The Kier molecular flexibility index (Phi) is 7.49. The molecule has 2 saturated heterocycles. The van der Waals surface area contributed by atoms with Crippen LogP contribution in [0.5, 0.6) is 0 Å². The number of hydrogen-bond acceptors (Lipinski definition) is 7. The van der Waals surface area contributed by atoms with Gasteiger partial charge in [0.05, 0.1) is 6.61 Å². The summed E-state index contributed by atoms with van der Waals surface area (Å²) in [5.74, 6) is -2.32. The minimum Gasteiger partial charge on any atom is -0.457 e. The number of carbonyl (C=O) groups is 2. The third-order valence-corrected chi connectivity index (χ3v) is 6.21. The Morgan fingerprint density at radius 1 is 1.23 bits per heavy atom. The zero-order valence-corrected chi connectivity index (χ0v) is 19.6. The summed E-state index contributed by atoms with van der Waals surface area (Å²) in [5, 5.41) is 2.67. The molecule has 0 aliphatic carbocycles. The van der Waals surface area contributed by atoms with Gasteiger partial charge >= 0.3 is 5.97 Å². The molecular formula is C19H22Cl3NO6S. The molecule has 0 saturated carbocycles. The number of ether oxygens (including phenoxy) is 4. The molecule has 1 aromatic carbocycles. The molecule has 3 unspecified atom stereocenters. The first-order valence-electron chi connectivity index (χ1n) is 9.20. The van der Waals surface area contributed by atoms with Crippen molar-refractivity contribution in [2.24, 2.45) is 0 Å². The highest BCUT2D eigenvalue weighted by Crippen LogP contribution is 2.40. The topological polar surface area (TPSA) is 83.1 Å². The van der Waals surface area contributed by atoms with Gasteiger partial charge in [0.2, 0.25) is 0 Å².